The largest absolute Gasteiger partial charge is 0.493 e. The zero-order valence-electron chi connectivity index (χ0n) is 10.3. The Morgan fingerprint density at radius 1 is 1.41 bits per heavy atom. The van der Waals surface area contributed by atoms with Crippen LogP contribution in [0.2, 0.25) is 0 Å². The highest BCUT2D eigenvalue weighted by atomic mass is 35.5. The summed E-state index contributed by atoms with van der Waals surface area (Å²) in [5.74, 6) is 0.947. The third-order valence-electron chi connectivity index (χ3n) is 3.08. The maximum absolute atomic E-state index is 11.9. The van der Waals surface area contributed by atoms with Crippen molar-refractivity contribution in [2.24, 2.45) is 0 Å². The van der Waals surface area contributed by atoms with Crippen LogP contribution < -0.4 is 4.74 Å². The zero-order valence-corrected chi connectivity index (χ0v) is 11.0. The predicted octanol–water partition coefficient (Wildman–Crippen LogP) is 3.52. The molecule has 0 saturated carbocycles. The van der Waals surface area contributed by atoms with Gasteiger partial charge in [-0.25, -0.2) is 0 Å². The van der Waals surface area contributed by atoms with Crippen molar-refractivity contribution in [3.8, 4) is 5.75 Å². The first-order valence-corrected chi connectivity index (χ1v) is 6.48. The van der Waals surface area contributed by atoms with Gasteiger partial charge < -0.3 is 4.74 Å². The fourth-order valence-corrected chi connectivity index (χ4v) is 2.33. The van der Waals surface area contributed by atoms with Gasteiger partial charge >= 0.3 is 0 Å². The molecule has 3 heteroatoms. The van der Waals surface area contributed by atoms with Gasteiger partial charge in [0, 0.05) is 5.56 Å². The van der Waals surface area contributed by atoms with E-state index in [-0.39, 0.29) is 5.78 Å². The van der Waals surface area contributed by atoms with E-state index >= 15 is 0 Å². The summed E-state index contributed by atoms with van der Waals surface area (Å²) in [6, 6.07) is 3.82. The van der Waals surface area contributed by atoms with Crippen molar-refractivity contribution >= 4 is 17.4 Å². The molecule has 1 aromatic carbocycles. The number of carbonyl (C=O) groups is 1. The molecular formula is C14H17ClO2. The second kappa shape index (κ2) is 5.09. The number of carbonyl (C=O) groups excluding carboxylic acids is 1. The number of aryl methyl sites for hydroxylation is 2. The second-order valence-electron chi connectivity index (χ2n) is 4.57. The molecule has 1 unspecified atom stereocenters. The van der Waals surface area contributed by atoms with Crippen LogP contribution in [0.5, 0.6) is 5.75 Å². The molecule has 17 heavy (non-hydrogen) atoms. The Bertz CT molecular complexity index is 438. The van der Waals surface area contributed by atoms with E-state index in [4.69, 9.17) is 16.3 Å². The van der Waals surface area contributed by atoms with Crippen LogP contribution in [0.4, 0.5) is 0 Å². The van der Waals surface area contributed by atoms with E-state index in [9.17, 15) is 4.79 Å². The van der Waals surface area contributed by atoms with Crippen molar-refractivity contribution in [2.45, 2.75) is 38.5 Å². The molecule has 0 radical (unpaired) electrons. The summed E-state index contributed by atoms with van der Waals surface area (Å²) in [5, 5.41) is -0.473. The Morgan fingerprint density at radius 2 is 2.18 bits per heavy atom. The Hall–Kier alpha value is -1.02. The number of benzene rings is 1. The van der Waals surface area contributed by atoms with Crippen molar-refractivity contribution in [3.05, 3.63) is 28.8 Å². The van der Waals surface area contributed by atoms with Crippen molar-refractivity contribution in [1.82, 2.24) is 0 Å². The Balaban J connectivity index is 2.42. The smallest absolute Gasteiger partial charge is 0.180 e. The van der Waals surface area contributed by atoms with Crippen molar-refractivity contribution in [3.63, 3.8) is 0 Å². The molecule has 2 nitrogen and oxygen atoms in total. The predicted molar refractivity (Wildman–Crippen MR) is 69.3 cm³/mol. The van der Waals surface area contributed by atoms with Gasteiger partial charge in [0.1, 0.15) is 5.75 Å². The number of halogens is 1. The molecule has 1 heterocycles. The second-order valence-corrected chi connectivity index (χ2v) is 5.22. The number of Topliss-reactive ketones (excluding diaryl/α,β-unsaturated/α-hetero) is 1. The zero-order chi connectivity index (χ0) is 12.4. The molecule has 1 aromatic rings. The molecule has 0 spiro atoms. The van der Waals surface area contributed by atoms with E-state index in [1.807, 2.05) is 19.1 Å². The molecule has 1 aliphatic heterocycles. The van der Waals surface area contributed by atoms with Gasteiger partial charge in [-0.15, -0.1) is 11.6 Å². The minimum absolute atomic E-state index is 0.0122. The quantitative estimate of drug-likeness (QED) is 0.595. The summed E-state index contributed by atoms with van der Waals surface area (Å²) in [4.78, 5) is 11.9. The highest BCUT2D eigenvalue weighted by Crippen LogP contribution is 2.30. The van der Waals surface area contributed by atoms with Crippen LogP contribution in [0, 0.1) is 6.92 Å². The van der Waals surface area contributed by atoms with Gasteiger partial charge in [0.25, 0.3) is 0 Å². The first-order chi connectivity index (χ1) is 8.09. The van der Waals surface area contributed by atoms with Crippen molar-refractivity contribution in [2.75, 3.05) is 6.61 Å². The summed E-state index contributed by atoms with van der Waals surface area (Å²) < 4.78 is 5.73. The van der Waals surface area contributed by atoms with Gasteiger partial charge in [-0.05, 0) is 56.4 Å². The molecular weight excluding hydrogens is 236 g/mol. The minimum atomic E-state index is -0.473. The van der Waals surface area contributed by atoms with Crippen LogP contribution in [-0.4, -0.2) is 17.8 Å². The average Bonchev–Trinajstić information content (AvgIpc) is 2.53. The maximum Gasteiger partial charge on any atom is 0.180 e. The molecule has 92 valence electrons. The Labute approximate surface area is 107 Å². The summed E-state index contributed by atoms with van der Waals surface area (Å²) >= 11 is 5.85. The lowest BCUT2D eigenvalue weighted by Gasteiger charge is -2.13. The Kier molecular flexibility index (Phi) is 3.72. The molecule has 0 fully saturated rings. The van der Waals surface area contributed by atoms with Crippen molar-refractivity contribution in [1.29, 1.82) is 0 Å². The number of rotatable bonds is 2. The number of hydrogen-bond acceptors (Lipinski definition) is 2. The molecule has 0 aromatic heterocycles. The number of alkyl halides is 1. The van der Waals surface area contributed by atoms with Gasteiger partial charge in [-0.1, -0.05) is 0 Å². The minimum Gasteiger partial charge on any atom is -0.493 e. The summed E-state index contributed by atoms with van der Waals surface area (Å²) in [5.41, 5.74) is 2.88. The first-order valence-electron chi connectivity index (χ1n) is 6.04. The number of ketones is 1. The fourth-order valence-electron chi connectivity index (χ4n) is 2.20. The van der Waals surface area contributed by atoms with Gasteiger partial charge in [0.2, 0.25) is 0 Å². The number of ether oxygens (including phenoxy) is 1. The van der Waals surface area contributed by atoms with Crippen LogP contribution in [0.15, 0.2) is 12.1 Å². The van der Waals surface area contributed by atoms with Gasteiger partial charge in [-0.3, -0.25) is 4.79 Å². The van der Waals surface area contributed by atoms with E-state index in [1.54, 1.807) is 6.92 Å². The lowest BCUT2D eigenvalue weighted by Crippen LogP contribution is -2.11. The van der Waals surface area contributed by atoms with Crippen LogP contribution in [0.1, 0.15) is 41.3 Å². The lowest BCUT2D eigenvalue weighted by atomic mass is 9.98. The van der Waals surface area contributed by atoms with Gasteiger partial charge in [-0.2, -0.15) is 0 Å². The molecule has 0 bridgehead atoms. The summed E-state index contributed by atoms with van der Waals surface area (Å²) in [6.07, 6.45) is 3.16. The highest BCUT2D eigenvalue weighted by molar-refractivity contribution is 6.33. The number of hydrogen-bond donors (Lipinski definition) is 0. The van der Waals surface area contributed by atoms with E-state index < -0.39 is 5.38 Å². The van der Waals surface area contributed by atoms with E-state index in [2.05, 4.69) is 0 Å². The third-order valence-corrected chi connectivity index (χ3v) is 3.28. The van der Waals surface area contributed by atoms with Crippen LogP contribution in [-0.2, 0) is 6.42 Å². The van der Waals surface area contributed by atoms with Crippen LogP contribution in [0.3, 0.4) is 0 Å². The first kappa shape index (κ1) is 12.4. The maximum atomic E-state index is 11.9. The van der Waals surface area contributed by atoms with Crippen LogP contribution >= 0.6 is 11.6 Å². The normalized spacial score (nSPS) is 16.6. The number of fused-ring (bicyclic) bond motifs is 1. The molecule has 0 aliphatic carbocycles. The topological polar surface area (TPSA) is 26.3 Å². The molecule has 1 atom stereocenters. The molecule has 1 aliphatic rings. The van der Waals surface area contributed by atoms with E-state index in [1.165, 1.54) is 0 Å². The monoisotopic (exact) mass is 252 g/mol. The Morgan fingerprint density at radius 3 is 2.88 bits per heavy atom. The van der Waals surface area contributed by atoms with E-state index in [0.717, 1.165) is 42.7 Å². The molecule has 0 amide bonds. The molecule has 0 saturated heterocycles. The van der Waals surface area contributed by atoms with Gasteiger partial charge in [0.15, 0.2) is 5.78 Å². The molecule has 0 N–H and O–H groups in total. The highest BCUT2D eigenvalue weighted by Gasteiger charge is 2.18. The summed E-state index contributed by atoms with van der Waals surface area (Å²) in [7, 11) is 0. The standard InChI is InChI=1S/C14H17ClO2/c1-9-7-12(13(16)10(2)15)8-11-5-3-4-6-17-14(9)11/h7-8,10H,3-6H2,1-2H3. The summed E-state index contributed by atoms with van der Waals surface area (Å²) in [6.45, 7) is 4.47. The average molecular weight is 253 g/mol. The fraction of sp³-hybridized carbons (Fsp3) is 0.500. The van der Waals surface area contributed by atoms with Crippen LogP contribution in [0.25, 0.3) is 0 Å². The third kappa shape index (κ3) is 2.63. The lowest BCUT2D eigenvalue weighted by molar-refractivity contribution is 0.0991. The van der Waals surface area contributed by atoms with Gasteiger partial charge in [0.05, 0.1) is 12.0 Å². The van der Waals surface area contributed by atoms with E-state index in [0.29, 0.717) is 5.56 Å². The van der Waals surface area contributed by atoms with Crippen molar-refractivity contribution < 1.29 is 9.53 Å². The SMILES string of the molecule is Cc1cc(C(=O)C(C)Cl)cc2c1OCCCC2. The molecule has 2 rings (SSSR count).